The molecule has 5 heteroatoms. The highest BCUT2D eigenvalue weighted by Gasteiger charge is 2.16. The van der Waals surface area contributed by atoms with Crippen LogP contribution in [0.2, 0.25) is 0 Å². The molecule has 0 amide bonds. The second-order valence-corrected chi connectivity index (χ2v) is 5.79. The van der Waals surface area contributed by atoms with Crippen LogP contribution in [0.1, 0.15) is 41.7 Å². The lowest BCUT2D eigenvalue weighted by molar-refractivity contribution is 0.0698. The van der Waals surface area contributed by atoms with Crippen molar-refractivity contribution >= 4 is 16.9 Å². The molecule has 0 spiro atoms. The molecule has 2 heterocycles. The van der Waals surface area contributed by atoms with E-state index >= 15 is 0 Å². The number of pyridine rings is 1. The molecule has 1 aromatic carbocycles. The number of fused-ring (bicyclic) bond motifs is 1. The summed E-state index contributed by atoms with van der Waals surface area (Å²) in [6.07, 6.45) is 4.76. The predicted octanol–water partition coefficient (Wildman–Crippen LogP) is 3.45. The fraction of sp³-hybridized carbons (Fsp3) is 0.412. The van der Waals surface area contributed by atoms with Gasteiger partial charge < -0.3 is 5.11 Å². The lowest BCUT2D eigenvalue weighted by Gasteiger charge is -2.19. The quantitative estimate of drug-likeness (QED) is 0.943. The highest BCUT2D eigenvalue weighted by molar-refractivity contribution is 6.02. The molecule has 0 aliphatic carbocycles. The fourth-order valence-electron chi connectivity index (χ4n) is 3.05. The third-order valence-electron chi connectivity index (χ3n) is 4.16. The summed E-state index contributed by atoms with van der Waals surface area (Å²) < 4.78 is 14.0. The van der Waals surface area contributed by atoms with Crippen molar-refractivity contribution in [1.82, 2.24) is 9.88 Å². The molecule has 1 saturated heterocycles. The molecule has 1 aromatic heterocycles. The molecule has 0 unspecified atom stereocenters. The maximum atomic E-state index is 14.0. The molecule has 0 saturated carbocycles. The van der Waals surface area contributed by atoms with Gasteiger partial charge in [-0.25, -0.2) is 14.2 Å². The Morgan fingerprint density at radius 1 is 1.23 bits per heavy atom. The number of carboxylic acid groups (broad SMARTS) is 1. The van der Waals surface area contributed by atoms with Crippen LogP contribution in [0.3, 0.4) is 0 Å². The summed E-state index contributed by atoms with van der Waals surface area (Å²) in [6.45, 7) is 2.54. The number of carbonyl (C=O) groups is 1. The van der Waals surface area contributed by atoms with Crippen molar-refractivity contribution in [2.45, 2.75) is 32.2 Å². The first-order valence-electron chi connectivity index (χ1n) is 7.69. The van der Waals surface area contributed by atoms with Gasteiger partial charge >= 0.3 is 5.97 Å². The van der Waals surface area contributed by atoms with Crippen LogP contribution in [0.25, 0.3) is 10.9 Å². The van der Waals surface area contributed by atoms with E-state index in [1.165, 1.54) is 25.0 Å². The Kier molecular flexibility index (Phi) is 4.34. The van der Waals surface area contributed by atoms with Gasteiger partial charge in [0.1, 0.15) is 11.3 Å². The number of hydrogen-bond donors (Lipinski definition) is 1. The van der Waals surface area contributed by atoms with Crippen LogP contribution in [0.4, 0.5) is 4.39 Å². The van der Waals surface area contributed by atoms with Gasteiger partial charge in [-0.2, -0.15) is 0 Å². The number of hydrogen-bond acceptors (Lipinski definition) is 3. The summed E-state index contributed by atoms with van der Waals surface area (Å²) in [5.74, 6) is -1.52. The van der Waals surface area contributed by atoms with Crippen LogP contribution in [0.15, 0.2) is 24.3 Å². The molecule has 0 bridgehead atoms. The zero-order chi connectivity index (χ0) is 15.5. The van der Waals surface area contributed by atoms with Gasteiger partial charge in [0.15, 0.2) is 0 Å². The molecular formula is C17H19FN2O2. The second-order valence-electron chi connectivity index (χ2n) is 5.79. The van der Waals surface area contributed by atoms with Crippen molar-refractivity contribution in [2.24, 2.45) is 0 Å². The van der Waals surface area contributed by atoms with Crippen LogP contribution in [0, 0.1) is 5.82 Å². The minimum Gasteiger partial charge on any atom is -0.478 e. The SMILES string of the molecule is O=C(O)c1cc(CN2CCCCCC2)nc2c(F)cccc12. The first-order chi connectivity index (χ1) is 10.6. The maximum Gasteiger partial charge on any atom is 0.336 e. The van der Waals surface area contributed by atoms with E-state index in [2.05, 4.69) is 9.88 Å². The Morgan fingerprint density at radius 2 is 1.95 bits per heavy atom. The average molecular weight is 302 g/mol. The minimum absolute atomic E-state index is 0.120. The number of likely N-dealkylation sites (tertiary alicyclic amines) is 1. The van der Waals surface area contributed by atoms with E-state index < -0.39 is 11.8 Å². The molecule has 4 nitrogen and oxygen atoms in total. The van der Waals surface area contributed by atoms with Crippen LogP contribution in [-0.4, -0.2) is 34.0 Å². The standard InChI is InChI=1S/C17H19FN2O2/c18-15-7-5-6-13-14(17(21)22)10-12(19-16(13)15)11-20-8-3-1-2-4-9-20/h5-7,10H,1-4,8-9,11H2,(H,21,22). The molecule has 1 N–H and O–H groups in total. The second kappa shape index (κ2) is 6.40. The van der Waals surface area contributed by atoms with Gasteiger partial charge in [-0.05, 0) is 38.1 Å². The van der Waals surface area contributed by atoms with E-state index in [-0.39, 0.29) is 11.1 Å². The van der Waals surface area contributed by atoms with Gasteiger partial charge in [-0.15, -0.1) is 0 Å². The summed E-state index contributed by atoms with van der Waals surface area (Å²) in [6, 6.07) is 6.01. The predicted molar refractivity (Wildman–Crippen MR) is 82.4 cm³/mol. The topological polar surface area (TPSA) is 53.4 Å². The first kappa shape index (κ1) is 14.9. The highest BCUT2D eigenvalue weighted by atomic mass is 19.1. The monoisotopic (exact) mass is 302 g/mol. The molecule has 2 aromatic rings. The van der Waals surface area contributed by atoms with Gasteiger partial charge in [0.25, 0.3) is 0 Å². The van der Waals surface area contributed by atoms with E-state index in [1.807, 2.05) is 0 Å². The largest absolute Gasteiger partial charge is 0.478 e. The van der Waals surface area contributed by atoms with Crippen molar-refractivity contribution in [3.8, 4) is 0 Å². The lowest BCUT2D eigenvalue weighted by atomic mass is 10.1. The number of halogens is 1. The molecule has 1 aliphatic heterocycles. The zero-order valence-corrected chi connectivity index (χ0v) is 12.4. The van der Waals surface area contributed by atoms with Crippen molar-refractivity contribution in [1.29, 1.82) is 0 Å². The Morgan fingerprint density at radius 3 is 2.64 bits per heavy atom. The third-order valence-corrected chi connectivity index (χ3v) is 4.16. The molecule has 22 heavy (non-hydrogen) atoms. The summed E-state index contributed by atoms with van der Waals surface area (Å²) in [7, 11) is 0. The average Bonchev–Trinajstić information content (AvgIpc) is 2.76. The number of benzene rings is 1. The maximum absolute atomic E-state index is 14.0. The number of carboxylic acids is 1. The summed E-state index contributed by atoms with van der Waals surface area (Å²) in [5, 5.41) is 9.74. The fourth-order valence-corrected chi connectivity index (χ4v) is 3.05. The molecule has 116 valence electrons. The Balaban J connectivity index is 1.99. The van der Waals surface area contributed by atoms with Crippen LogP contribution >= 0.6 is 0 Å². The molecule has 1 fully saturated rings. The van der Waals surface area contributed by atoms with Crippen LogP contribution in [-0.2, 0) is 6.54 Å². The van der Waals surface area contributed by atoms with Crippen LogP contribution < -0.4 is 0 Å². The van der Waals surface area contributed by atoms with Gasteiger partial charge in [-0.1, -0.05) is 25.0 Å². The number of rotatable bonds is 3. The summed E-state index contributed by atoms with van der Waals surface area (Å²) in [4.78, 5) is 18.1. The third kappa shape index (κ3) is 3.09. The zero-order valence-electron chi connectivity index (χ0n) is 12.4. The van der Waals surface area contributed by atoms with Crippen molar-refractivity contribution < 1.29 is 14.3 Å². The van der Waals surface area contributed by atoms with Gasteiger partial charge in [0.05, 0.1) is 11.3 Å². The van der Waals surface area contributed by atoms with E-state index in [0.717, 1.165) is 25.9 Å². The van der Waals surface area contributed by atoms with Crippen molar-refractivity contribution in [3.05, 3.63) is 41.3 Å². The number of aromatic carboxylic acids is 1. The summed E-state index contributed by atoms with van der Waals surface area (Å²) in [5.41, 5.74) is 0.887. The van der Waals surface area contributed by atoms with Crippen LogP contribution in [0.5, 0.6) is 0 Å². The number of aromatic nitrogens is 1. The Labute approximate surface area is 128 Å². The van der Waals surface area contributed by atoms with Gasteiger partial charge in [-0.3, -0.25) is 4.90 Å². The van der Waals surface area contributed by atoms with E-state index in [1.54, 1.807) is 12.1 Å². The number of para-hydroxylation sites is 1. The highest BCUT2D eigenvalue weighted by Crippen LogP contribution is 2.22. The molecule has 0 radical (unpaired) electrons. The Hall–Kier alpha value is -2.01. The normalized spacial score (nSPS) is 16.6. The van der Waals surface area contributed by atoms with E-state index in [4.69, 9.17) is 0 Å². The van der Waals surface area contributed by atoms with Crippen molar-refractivity contribution in [3.63, 3.8) is 0 Å². The smallest absolute Gasteiger partial charge is 0.336 e. The van der Waals surface area contributed by atoms with Gasteiger partial charge in [0.2, 0.25) is 0 Å². The Bertz CT molecular complexity index is 694. The van der Waals surface area contributed by atoms with Crippen molar-refractivity contribution in [2.75, 3.05) is 13.1 Å². The number of nitrogens with zero attached hydrogens (tertiary/aromatic N) is 2. The first-order valence-corrected chi connectivity index (χ1v) is 7.69. The van der Waals surface area contributed by atoms with E-state index in [0.29, 0.717) is 17.6 Å². The summed E-state index contributed by atoms with van der Waals surface area (Å²) >= 11 is 0. The molecule has 3 rings (SSSR count). The molecule has 0 atom stereocenters. The molecular weight excluding hydrogens is 283 g/mol. The molecule has 1 aliphatic rings. The van der Waals surface area contributed by atoms with Gasteiger partial charge in [0, 0.05) is 11.9 Å². The minimum atomic E-state index is -1.05. The van der Waals surface area contributed by atoms with E-state index in [9.17, 15) is 14.3 Å². The lowest BCUT2D eigenvalue weighted by Crippen LogP contribution is -2.24.